The molecule has 0 saturated carbocycles. The number of rotatable bonds is 3. The van der Waals surface area contributed by atoms with Gasteiger partial charge in [-0.1, -0.05) is 0 Å². The van der Waals surface area contributed by atoms with E-state index >= 15 is 0 Å². The van der Waals surface area contributed by atoms with Crippen molar-refractivity contribution in [2.24, 2.45) is 0 Å². The minimum absolute atomic E-state index is 0.142. The van der Waals surface area contributed by atoms with Crippen LogP contribution in [0.15, 0.2) is 16.6 Å². The van der Waals surface area contributed by atoms with Crippen molar-refractivity contribution in [3.05, 3.63) is 22.4 Å². The molecule has 0 spiro atoms. The van der Waals surface area contributed by atoms with Gasteiger partial charge in [0.1, 0.15) is 0 Å². The Labute approximate surface area is 95.9 Å². The number of benzene rings is 1. The van der Waals surface area contributed by atoms with Crippen LogP contribution in [0.4, 0.5) is 15.8 Å². The summed E-state index contributed by atoms with van der Waals surface area (Å²) in [6.07, 6.45) is 1.28. The molecule has 1 saturated heterocycles. The Morgan fingerprint density at radius 1 is 1.60 bits per heavy atom. The molecule has 1 aromatic carbocycles. The highest BCUT2D eigenvalue weighted by Gasteiger charge is 2.18. The molecule has 1 fully saturated rings. The summed E-state index contributed by atoms with van der Waals surface area (Å²) in [4.78, 5) is 0. The number of halogens is 2. The van der Waals surface area contributed by atoms with Gasteiger partial charge in [0.15, 0.2) is 5.82 Å². The molecule has 0 bridgehead atoms. The largest absolute Gasteiger partial charge is 0.395 e. The number of nitrogens with two attached hydrogens (primary N) is 1. The molecule has 1 aromatic rings. The molecule has 1 heterocycles. The number of hydrogen-bond acceptors (Lipinski definition) is 3. The van der Waals surface area contributed by atoms with Crippen molar-refractivity contribution in [1.29, 1.82) is 0 Å². The summed E-state index contributed by atoms with van der Waals surface area (Å²) in [5, 5.41) is 3.07. The van der Waals surface area contributed by atoms with Gasteiger partial charge in [-0.2, -0.15) is 0 Å². The van der Waals surface area contributed by atoms with Gasteiger partial charge < -0.3 is 15.8 Å². The lowest BCUT2D eigenvalue weighted by molar-refractivity contribution is -0.0410. The van der Waals surface area contributed by atoms with Crippen molar-refractivity contribution in [2.75, 3.05) is 24.2 Å². The molecule has 82 valence electrons. The Bertz CT molecular complexity index is 369. The van der Waals surface area contributed by atoms with Gasteiger partial charge in [-0.3, -0.25) is 0 Å². The van der Waals surface area contributed by atoms with Gasteiger partial charge >= 0.3 is 0 Å². The van der Waals surface area contributed by atoms with Crippen molar-refractivity contribution in [3.63, 3.8) is 0 Å². The average Bonchev–Trinajstić information content (AvgIpc) is 2.15. The lowest BCUT2D eigenvalue weighted by Crippen LogP contribution is -2.33. The number of nitrogens with one attached hydrogen (secondary N) is 1. The van der Waals surface area contributed by atoms with Gasteiger partial charge in [0.2, 0.25) is 0 Å². The molecule has 1 aliphatic heterocycles. The van der Waals surface area contributed by atoms with Gasteiger partial charge in [0.05, 0.1) is 22.0 Å². The molecule has 0 unspecified atom stereocenters. The summed E-state index contributed by atoms with van der Waals surface area (Å²) >= 11 is 3.08. The Morgan fingerprint density at radius 3 is 2.93 bits per heavy atom. The summed E-state index contributed by atoms with van der Waals surface area (Å²) in [5.41, 5.74) is 6.38. The van der Waals surface area contributed by atoms with E-state index in [1.54, 1.807) is 12.1 Å². The minimum Gasteiger partial charge on any atom is -0.395 e. The molecular weight excluding hydrogens is 263 g/mol. The van der Waals surface area contributed by atoms with Crippen molar-refractivity contribution in [3.8, 4) is 0 Å². The summed E-state index contributed by atoms with van der Waals surface area (Å²) in [7, 11) is 0. The quantitative estimate of drug-likeness (QED) is 0.832. The molecule has 0 aromatic heterocycles. The number of nitrogen functional groups attached to an aromatic ring is 1. The van der Waals surface area contributed by atoms with E-state index in [9.17, 15) is 4.39 Å². The normalized spacial score (nSPS) is 19.7. The maximum absolute atomic E-state index is 13.4. The molecule has 2 rings (SSSR count). The van der Waals surface area contributed by atoms with Crippen LogP contribution in [0.25, 0.3) is 0 Å². The highest BCUT2D eigenvalue weighted by atomic mass is 79.9. The van der Waals surface area contributed by atoms with E-state index in [-0.39, 0.29) is 11.8 Å². The van der Waals surface area contributed by atoms with E-state index in [4.69, 9.17) is 10.5 Å². The fourth-order valence-electron chi connectivity index (χ4n) is 1.39. The summed E-state index contributed by atoms with van der Waals surface area (Å²) in [5.74, 6) is -0.422. The third-order valence-corrected chi connectivity index (χ3v) is 3.06. The van der Waals surface area contributed by atoms with Crippen LogP contribution in [0.5, 0.6) is 0 Å². The van der Waals surface area contributed by atoms with Crippen LogP contribution in [-0.4, -0.2) is 19.3 Å². The average molecular weight is 275 g/mol. The van der Waals surface area contributed by atoms with Crippen LogP contribution in [0, 0.1) is 5.82 Å². The Morgan fingerprint density at radius 2 is 2.33 bits per heavy atom. The molecule has 5 heteroatoms. The monoisotopic (exact) mass is 274 g/mol. The van der Waals surface area contributed by atoms with E-state index in [0.29, 0.717) is 16.7 Å². The lowest BCUT2D eigenvalue weighted by atomic mass is 10.2. The predicted molar refractivity (Wildman–Crippen MR) is 61.4 cm³/mol. The number of anilines is 2. The fourth-order valence-corrected chi connectivity index (χ4v) is 1.74. The SMILES string of the molecule is Nc1c(NC[C@@H]2CCO2)ccc(Br)c1F. The second kappa shape index (κ2) is 4.37. The molecule has 3 N–H and O–H groups in total. The first-order chi connectivity index (χ1) is 7.18. The second-order valence-corrected chi connectivity index (χ2v) is 4.34. The Hall–Kier alpha value is -0.810. The standard InChI is InChI=1S/C10H12BrFN2O/c11-7-1-2-8(10(13)9(7)12)14-5-6-3-4-15-6/h1-2,6,14H,3-5,13H2/t6-/m0/s1. The molecule has 0 radical (unpaired) electrons. The van der Waals surface area contributed by atoms with Crippen LogP contribution in [-0.2, 0) is 4.74 Å². The van der Waals surface area contributed by atoms with E-state index < -0.39 is 5.82 Å². The molecule has 0 aliphatic carbocycles. The van der Waals surface area contributed by atoms with Crippen LogP contribution < -0.4 is 11.1 Å². The minimum atomic E-state index is -0.422. The van der Waals surface area contributed by atoms with Gasteiger partial charge in [-0.05, 0) is 34.5 Å². The Balaban J connectivity index is 2.04. The van der Waals surface area contributed by atoms with Crippen LogP contribution in [0.3, 0.4) is 0 Å². The van der Waals surface area contributed by atoms with Gasteiger partial charge in [-0.15, -0.1) is 0 Å². The topological polar surface area (TPSA) is 47.3 Å². The van der Waals surface area contributed by atoms with Crippen molar-refractivity contribution >= 4 is 27.3 Å². The Kier molecular flexibility index (Phi) is 3.11. The molecule has 1 atom stereocenters. The van der Waals surface area contributed by atoms with Gasteiger partial charge in [0.25, 0.3) is 0 Å². The maximum atomic E-state index is 13.4. The van der Waals surface area contributed by atoms with E-state index in [0.717, 1.165) is 13.0 Å². The van der Waals surface area contributed by atoms with Crippen LogP contribution in [0.2, 0.25) is 0 Å². The first kappa shape index (κ1) is 10.7. The zero-order chi connectivity index (χ0) is 10.8. The lowest BCUT2D eigenvalue weighted by Gasteiger charge is -2.27. The zero-order valence-electron chi connectivity index (χ0n) is 8.09. The summed E-state index contributed by atoms with van der Waals surface area (Å²) in [6.45, 7) is 1.49. The van der Waals surface area contributed by atoms with Gasteiger partial charge in [-0.25, -0.2) is 4.39 Å². The predicted octanol–water partition coefficient (Wildman–Crippen LogP) is 2.37. The van der Waals surface area contributed by atoms with E-state index in [1.807, 2.05) is 0 Å². The third kappa shape index (κ3) is 2.23. The van der Waals surface area contributed by atoms with E-state index in [2.05, 4.69) is 21.2 Å². The van der Waals surface area contributed by atoms with Crippen LogP contribution in [0.1, 0.15) is 6.42 Å². The van der Waals surface area contributed by atoms with Crippen molar-refractivity contribution < 1.29 is 9.13 Å². The fraction of sp³-hybridized carbons (Fsp3) is 0.400. The first-order valence-electron chi connectivity index (χ1n) is 4.77. The van der Waals surface area contributed by atoms with E-state index in [1.165, 1.54) is 0 Å². The maximum Gasteiger partial charge on any atom is 0.162 e. The molecular formula is C10H12BrFN2O. The molecule has 0 amide bonds. The molecule has 3 nitrogen and oxygen atoms in total. The summed E-state index contributed by atoms with van der Waals surface area (Å²) < 4.78 is 19.0. The molecule has 1 aliphatic rings. The third-order valence-electron chi connectivity index (χ3n) is 2.45. The van der Waals surface area contributed by atoms with Crippen molar-refractivity contribution in [1.82, 2.24) is 0 Å². The highest BCUT2D eigenvalue weighted by Crippen LogP contribution is 2.28. The number of hydrogen-bond donors (Lipinski definition) is 2. The number of ether oxygens (including phenoxy) is 1. The summed E-state index contributed by atoms with van der Waals surface area (Å²) in [6, 6.07) is 3.39. The van der Waals surface area contributed by atoms with Gasteiger partial charge in [0, 0.05) is 13.2 Å². The second-order valence-electron chi connectivity index (χ2n) is 3.48. The zero-order valence-corrected chi connectivity index (χ0v) is 9.68. The van der Waals surface area contributed by atoms with Crippen LogP contribution >= 0.6 is 15.9 Å². The highest BCUT2D eigenvalue weighted by molar-refractivity contribution is 9.10. The molecule has 15 heavy (non-hydrogen) atoms. The first-order valence-corrected chi connectivity index (χ1v) is 5.56. The van der Waals surface area contributed by atoms with Crippen molar-refractivity contribution in [2.45, 2.75) is 12.5 Å². The smallest absolute Gasteiger partial charge is 0.162 e.